The van der Waals surface area contributed by atoms with E-state index in [0.29, 0.717) is 22.3 Å². The number of nitrogens with two attached hydrogens (primary N) is 1. The Balaban J connectivity index is 1.62. The van der Waals surface area contributed by atoms with Crippen LogP contribution in [0.25, 0.3) is 11.4 Å². The third-order valence-corrected chi connectivity index (χ3v) is 5.39. The molecule has 28 heavy (non-hydrogen) atoms. The molecule has 8 nitrogen and oxygen atoms in total. The van der Waals surface area contributed by atoms with Gasteiger partial charge >= 0.3 is 0 Å². The summed E-state index contributed by atoms with van der Waals surface area (Å²) in [6.07, 6.45) is 0.419. The Labute approximate surface area is 165 Å². The number of nitrogens with one attached hydrogen (secondary N) is 1. The second-order valence-corrected chi connectivity index (χ2v) is 7.36. The highest BCUT2D eigenvalue weighted by Gasteiger charge is 2.19. The van der Waals surface area contributed by atoms with Crippen LogP contribution in [-0.2, 0) is 11.2 Å². The number of carbonyl (C=O) groups is 2. The molecular weight excluding hydrogens is 380 g/mol. The first kappa shape index (κ1) is 19.6. The van der Waals surface area contributed by atoms with Crippen molar-refractivity contribution < 1.29 is 18.8 Å². The topological polar surface area (TPSA) is 120 Å². The number of hydrogen-bond donors (Lipinski definition) is 2. The van der Waals surface area contributed by atoms with E-state index in [9.17, 15) is 9.59 Å². The molecule has 146 valence electrons. The fourth-order valence-corrected chi connectivity index (χ4v) is 3.72. The van der Waals surface area contributed by atoms with Crippen molar-refractivity contribution in [3.05, 3.63) is 46.2 Å². The highest BCUT2D eigenvalue weighted by atomic mass is 32.1. The summed E-state index contributed by atoms with van der Waals surface area (Å²) in [5, 5.41) is 7.16. The van der Waals surface area contributed by atoms with Crippen LogP contribution in [0.1, 0.15) is 33.1 Å². The Bertz CT molecular complexity index is 1010. The second kappa shape index (κ2) is 8.22. The van der Waals surface area contributed by atoms with Gasteiger partial charge in [-0.05, 0) is 43.7 Å². The Kier molecular flexibility index (Phi) is 5.74. The Hall–Kier alpha value is -3.20. The molecule has 0 atom stereocenters. The normalized spacial score (nSPS) is 10.7. The molecule has 0 aliphatic rings. The number of primary amides is 1. The van der Waals surface area contributed by atoms with Gasteiger partial charge in [-0.1, -0.05) is 5.16 Å². The number of thiophene rings is 1. The zero-order valence-electron chi connectivity index (χ0n) is 15.7. The molecule has 0 bridgehead atoms. The van der Waals surface area contributed by atoms with Crippen LogP contribution in [0.5, 0.6) is 5.75 Å². The summed E-state index contributed by atoms with van der Waals surface area (Å²) in [7, 11) is 1.59. The number of methoxy groups -OCH3 is 1. The van der Waals surface area contributed by atoms with Crippen molar-refractivity contribution in [1.82, 2.24) is 10.1 Å². The van der Waals surface area contributed by atoms with Crippen molar-refractivity contribution in [2.45, 2.75) is 26.7 Å². The molecule has 1 aromatic carbocycles. The predicted molar refractivity (Wildman–Crippen MR) is 106 cm³/mol. The summed E-state index contributed by atoms with van der Waals surface area (Å²) >= 11 is 1.33. The minimum atomic E-state index is -0.557. The number of rotatable bonds is 7. The van der Waals surface area contributed by atoms with Crippen LogP contribution >= 0.6 is 11.3 Å². The maximum absolute atomic E-state index is 12.3. The van der Waals surface area contributed by atoms with Crippen LogP contribution in [-0.4, -0.2) is 29.1 Å². The largest absolute Gasteiger partial charge is 0.497 e. The SMILES string of the molecule is COc1ccc(-c2noc(CCC(=O)Nc3sc(C)c(C)c3C(N)=O)n2)cc1. The van der Waals surface area contributed by atoms with Gasteiger partial charge in [0.05, 0.1) is 12.7 Å². The van der Waals surface area contributed by atoms with E-state index < -0.39 is 5.91 Å². The third kappa shape index (κ3) is 4.20. The summed E-state index contributed by atoms with van der Waals surface area (Å²) in [5.74, 6) is 0.720. The van der Waals surface area contributed by atoms with E-state index in [4.69, 9.17) is 15.0 Å². The van der Waals surface area contributed by atoms with Crippen LogP contribution < -0.4 is 15.8 Å². The first-order valence-electron chi connectivity index (χ1n) is 8.55. The fraction of sp³-hybridized carbons (Fsp3) is 0.263. The summed E-state index contributed by atoms with van der Waals surface area (Å²) in [6, 6.07) is 7.26. The number of ether oxygens (including phenoxy) is 1. The van der Waals surface area contributed by atoms with Gasteiger partial charge in [0, 0.05) is 23.3 Å². The molecule has 0 saturated heterocycles. The van der Waals surface area contributed by atoms with E-state index in [2.05, 4.69) is 15.5 Å². The van der Waals surface area contributed by atoms with Crippen LogP contribution in [0, 0.1) is 13.8 Å². The third-order valence-electron chi connectivity index (χ3n) is 4.27. The maximum atomic E-state index is 12.3. The fourth-order valence-electron chi connectivity index (χ4n) is 2.64. The quantitative estimate of drug-likeness (QED) is 0.629. The average Bonchev–Trinajstić information content (AvgIpc) is 3.25. The summed E-state index contributed by atoms with van der Waals surface area (Å²) in [6.45, 7) is 3.68. The lowest BCUT2D eigenvalue weighted by Gasteiger charge is -2.04. The van der Waals surface area contributed by atoms with Crippen molar-refractivity contribution >= 4 is 28.2 Å². The number of amides is 2. The van der Waals surface area contributed by atoms with Crippen molar-refractivity contribution in [3.63, 3.8) is 0 Å². The van der Waals surface area contributed by atoms with E-state index in [-0.39, 0.29) is 18.7 Å². The number of benzene rings is 1. The molecule has 3 aromatic rings. The lowest BCUT2D eigenvalue weighted by Crippen LogP contribution is -2.17. The summed E-state index contributed by atoms with van der Waals surface area (Å²) < 4.78 is 10.3. The van der Waals surface area contributed by atoms with Gasteiger partial charge in [0.1, 0.15) is 10.8 Å². The van der Waals surface area contributed by atoms with Crippen LogP contribution in [0.2, 0.25) is 0 Å². The summed E-state index contributed by atoms with van der Waals surface area (Å²) in [4.78, 5) is 29.1. The summed E-state index contributed by atoms with van der Waals surface area (Å²) in [5.41, 5.74) is 7.35. The van der Waals surface area contributed by atoms with E-state index in [1.807, 2.05) is 19.1 Å². The molecule has 3 N–H and O–H groups in total. The molecule has 2 heterocycles. The van der Waals surface area contributed by atoms with E-state index in [0.717, 1.165) is 21.8 Å². The molecule has 0 aliphatic carbocycles. The van der Waals surface area contributed by atoms with E-state index >= 15 is 0 Å². The number of nitrogens with zero attached hydrogens (tertiary/aromatic N) is 2. The first-order chi connectivity index (χ1) is 13.4. The van der Waals surface area contributed by atoms with Gasteiger partial charge < -0.3 is 20.3 Å². The minimum Gasteiger partial charge on any atom is -0.497 e. The zero-order chi connectivity index (χ0) is 20.3. The molecule has 0 aliphatic heterocycles. The Morgan fingerprint density at radius 2 is 1.96 bits per heavy atom. The first-order valence-corrected chi connectivity index (χ1v) is 9.37. The van der Waals surface area contributed by atoms with Crippen molar-refractivity contribution in [2.24, 2.45) is 5.73 Å². The standard InChI is InChI=1S/C19H20N4O4S/c1-10-11(2)28-19(16(10)17(20)25)21-14(24)8-9-15-22-18(23-27-15)12-4-6-13(26-3)7-5-12/h4-7H,8-9H2,1-3H3,(H2,20,25)(H,21,24). The number of carbonyl (C=O) groups excluding carboxylic acids is 2. The van der Waals surface area contributed by atoms with Crippen molar-refractivity contribution in [1.29, 1.82) is 0 Å². The van der Waals surface area contributed by atoms with Gasteiger partial charge in [0.25, 0.3) is 5.91 Å². The Morgan fingerprint density at radius 3 is 2.61 bits per heavy atom. The average molecular weight is 400 g/mol. The number of hydrogen-bond acceptors (Lipinski definition) is 7. The van der Waals surface area contributed by atoms with Crippen molar-refractivity contribution in [2.75, 3.05) is 12.4 Å². The molecule has 0 unspecified atom stereocenters. The highest BCUT2D eigenvalue weighted by molar-refractivity contribution is 7.16. The molecule has 0 spiro atoms. The Morgan fingerprint density at radius 1 is 1.25 bits per heavy atom. The van der Waals surface area contributed by atoms with Crippen molar-refractivity contribution in [3.8, 4) is 17.1 Å². The number of aryl methyl sites for hydroxylation is 2. The van der Waals surface area contributed by atoms with Gasteiger partial charge in [0.15, 0.2) is 0 Å². The van der Waals surface area contributed by atoms with Gasteiger partial charge in [-0.25, -0.2) is 0 Å². The molecule has 0 fully saturated rings. The lowest BCUT2D eigenvalue weighted by atomic mass is 10.1. The molecule has 0 radical (unpaired) electrons. The zero-order valence-corrected chi connectivity index (χ0v) is 16.6. The van der Waals surface area contributed by atoms with Gasteiger partial charge in [-0.2, -0.15) is 4.98 Å². The number of anilines is 1. The monoisotopic (exact) mass is 400 g/mol. The number of aromatic nitrogens is 2. The van der Waals surface area contributed by atoms with Gasteiger partial charge in [-0.15, -0.1) is 11.3 Å². The van der Waals surface area contributed by atoms with E-state index in [1.165, 1.54) is 11.3 Å². The van der Waals surface area contributed by atoms with Crippen LogP contribution in [0.3, 0.4) is 0 Å². The van der Waals surface area contributed by atoms with Crippen LogP contribution in [0.15, 0.2) is 28.8 Å². The maximum Gasteiger partial charge on any atom is 0.251 e. The van der Waals surface area contributed by atoms with Gasteiger partial charge in [-0.3, -0.25) is 9.59 Å². The van der Waals surface area contributed by atoms with E-state index in [1.54, 1.807) is 26.2 Å². The molecule has 9 heteroatoms. The predicted octanol–water partition coefficient (Wildman–Crippen LogP) is 3.09. The molecule has 3 rings (SSSR count). The molecule has 2 aromatic heterocycles. The highest BCUT2D eigenvalue weighted by Crippen LogP contribution is 2.32. The van der Waals surface area contributed by atoms with Crippen LogP contribution in [0.4, 0.5) is 5.00 Å². The second-order valence-electron chi connectivity index (χ2n) is 6.14. The molecule has 0 saturated carbocycles. The molecule has 2 amide bonds. The lowest BCUT2D eigenvalue weighted by molar-refractivity contribution is -0.116. The molecular formula is C19H20N4O4S. The smallest absolute Gasteiger partial charge is 0.251 e. The minimum absolute atomic E-state index is 0.137. The van der Waals surface area contributed by atoms with Gasteiger partial charge in [0.2, 0.25) is 17.6 Å².